The minimum atomic E-state index is -3.13. The first-order valence-electron chi connectivity index (χ1n) is 5.59. The molecule has 4 nitrogen and oxygen atoms in total. The van der Waals surface area contributed by atoms with E-state index >= 15 is 0 Å². The van der Waals surface area contributed by atoms with Crippen LogP contribution in [0.4, 0.5) is 0 Å². The third kappa shape index (κ3) is 5.81. The van der Waals surface area contributed by atoms with Gasteiger partial charge in [-0.2, -0.15) is 0 Å². The van der Waals surface area contributed by atoms with E-state index in [2.05, 4.69) is 0 Å². The van der Waals surface area contributed by atoms with Crippen LogP contribution in [0.15, 0.2) is 29.2 Å². The van der Waals surface area contributed by atoms with Crippen LogP contribution in [0.1, 0.15) is 19.4 Å². The molecule has 0 spiro atoms. The van der Waals surface area contributed by atoms with Crippen molar-refractivity contribution in [2.75, 3.05) is 12.9 Å². The third-order valence-corrected chi connectivity index (χ3v) is 3.21. The van der Waals surface area contributed by atoms with Crippen LogP contribution in [0.25, 0.3) is 0 Å². The first kappa shape index (κ1) is 16.1. The monoisotopic (exact) mass is 259 g/mol. The number of sulfone groups is 1. The number of nitrogens with two attached hydrogens (primary N) is 1. The van der Waals surface area contributed by atoms with E-state index in [-0.39, 0.29) is 12.6 Å². The van der Waals surface area contributed by atoms with Gasteiger partial charge in [0, 0.05) is 12.3 Å². The molecule has 0 aliphatic rings. The second-order valence-electron chi connectivity index (χ2n) is 3.56. The molecule has 0 aromatic heterocycles. The van der Waals surface area contributed by atoms with Crippen LogP contribution in [-0.2, 0) is 16.3 Å². The topological polar surface area (TPSA) is 80.4 Å². The number of benzene rings is 1. The SMILES string of the molecule is CC.CS(=O)(=O)c1ccc(C[C@H](N)CO)cc1. The summed E-state index contributed by atoms with van der Waals surface area (Å²) in [6.45, 7) is 3.92. The smallest absolute Gasteiger partial charge is 0.175 e. The van der Waals surface area contributed by atoms with Gasteiger partial charge in [0.05, 0.1) is 11.5 Å². The minimum Gasteiger partial charge on any atom is -0.395 e. The van der Waals surface area contributed by atoms with Gasteiger partial charge >= 0.3 is 0 Å². The predicted molar refractivity (Wildman–Crippen MR) is 69.7 cm³/mol. The van der Waals surface area contributed by atoms with E-state index in [9.17, 15) is 8.42 Å². The quantitative estimate of drug-likeness (QED) is 0.844. The molecule has 1 aromatic rings. The van der Waals surface area contributed by atoms with E-state index in [0.717, 1.165) is 5.56 Å². The molecule has 3 N–H and O–H groups in total. The van der Waals surface area contributed by atoms with Crippen molar-refractivity contribution in [1.29, 1.82) is 0 Å². The van der Waals surface area contributed by atoms with Crippen molar-refractivity contribution < 1.29 is 13.5 Å². The van der Waals surface area contributed by atoms with Crippen molar-refractivity contribution in [3.8, 4) is 0 Å². The zero-order valence-electron chi connectivity index (χ0n) is 10.6. The Morgan fingerprint density at radius 3 is 2.06 bits per heavy atom. The fourth-order valence-electron chi connectivity index (χ4n) is 1.24. The van der Waals surface area contributed by atoms with Gasteiger partial charge in [-0.1, -0.05) is 26.0 Å². The Morgan fingerprint density at radius 1 is 1.24 bits per heavy atom. The summed E-state index contributed by atoms with van der Waals surface area (Å²) >= 11 is 0. The Hall–Kier alpha value is -0.910. The number of aliphatic hydroxyl groups is 1. The summed E-state index contributed by atoms with van der Waals surface area (Å²) in [4.78, 5) is 0.295. The zero-order chi connectivity index (χ0) is 13.5. The molecular weight excluding hydrogens is 238 g/mol. The highest BCUT2D eigenvalue weighted by atomic mass is 32.2. The maximum Gasteiger partial charge on any atom is 0.175 e. The van der Waals surface area contributed by atoms with Gasteiger partial charge in [0.25, 0.3) is 0 Å². The predicted octanol–water partition coefficient (Wildman–Crippen LogP) is 0.978. The van der Waals surface area contributed by atoms with Gasteiger partial charge in [0.15, 0.2) is 9.84 Å². The van der Waals surface area contributed by atoms with Gasteiger partial charge in [-0.05, 0) is 24.1 Å². The van der Waals surface area contributed by atoms with Crippen LogP contribution in [0, 0.1) is 0 Å². The molecule has 0 bridgehead atoms. The standard InChI is InChI=1S/C10H15NO3S.C2H6/c1-15(13,14)10-4-2-8(3-5-10)6-9(11)7-12;1-2/h2-5,9,12H,6-7,11H2,1H3;1-2H3/t9-;/m0./s1. The molecule has 0 heterocycles. The Morgan fingerprint density at radius 2 is 1.71 bits per heavy atom. The highest BCUT2D eigenvalue weighted by Crippen LogP contribution is 2.11. The maximum absolute atomic E-state index is 11.2. The number of aliphatic hydroxyl groups excluding tert-OH is 1. The van der Waals surface area contributed by atoms with Crippen LogP contribution in [-0.4, -0.2) is 32.4 Å². The summed E-state index contributed by atoms with van der Waals surface area (Å²) in [5, 5.41) is 8.76. The Bertz CT molecular complexity index is 412. The lowest BCUT2D eigenvalue weighted by molar-refractivity contribution is 0.265. The second kappa shape index (κ2) is 7.42. The minimum absolute atomic E-state index is 0.0756. The van der Waals surface area contributed by atoms with E-state index in [1.807, 2.05) is 13.8 Å². The van der Waals surface area contributed by atoms with E-state index in [4.69, 9.17) is 10.8 Å². The molecule has 1 atom stereocenters. The highest BCUT2D eigenvalue weighted by Gasteiger charge is 2.07. The fraction of sp³-hybridized carbons (Fsp3) is 0.500. The first-order valence-corrected chi connectivity index (χ1v) is 7.48. The molecule has 1 rings (SSSR count). The van der Waals surface area contributed by atoms with E-state index < -0.39 is 9.84 Å². The van der Waals surface area contributed by atoms with Crippen LogP contribution in [0.5, 0.6) is 0 Å². The molecule has 0 saturated carbocycles. The van der Waals surface area contributed by atoms with Crippen LogP contribution in [0.3, 0.4) is 0 Å². The summed E-state index contributed by atoms with van der Waals surface area (Å²) in [6.07, 6.45) is 1.71. The molecule has 0 aliphatic heterocycles. The summed E-state index contributed by atoms with van der Waals surface area (Å²) in [5.41, 5.74) is 6.48. The van der Waals surface area contributed by atoms with Crippen molar-refractivity contribution in [2.45, 2.75) is 31.2 Å². The summed E-state index contributed by atoms with van der Waals surface area (Å²) < 4.78 is 22.3. The molecule has 17 heavy (non-hydrogen) atoms. The molecule has 0 fully saturated rings. The van der Waals surface area contributed by atoms with Crippen molar-refractivity contribution >= 4 is 9.84 Å². The van der Waals surface area contributed by atoms with Gasteiger partial charge in [-0.15, -0.1) is 0 Å². The second-order valence-corrected chi connectivity index (χ2v) is 5.58. The van der Waals surface area contributed by atoms with Crippen molar-refractivity contribution in [1.82, 2.24) is 0 Å². The molecule has 0 aliphatic carbocycles. The van der Waals surface area contributed by atoms with Gasteiger partial charge in [-0.25, -0.2) is 8.42 Å². The molecule has 0 saturated heterocycles. The average molecular weight is 259 g/mol. The van der Waals surface area contributed by atoms with E-state index in [0.29, 0.717) is 11.3 Å². The van der Waals surface area contributed by atoms with Gasteiger partial charge in [0.1, 0.15) is 0 Å². The summed E-state index contributed by atoms with van der Waals surface area (Å²) in [5.74, 6) is 0. The first-order chi connectivity index (χ1) is 7.93. The van der Waals surface area contributed by atoms with E-state index in [1.54, 1.807) is 24.3 Å². The number of hydrogen-bond donors (Lipinski definition) is 2. The van der Waals surface area contributed by atoms with Crippen LogP contribution < -0.4 is 5.73 Å². The van der Waals surface area contributed by atoms with E-state index in [1.165, 1.54) is 6.26 Å². The zero-order valence-corrected chi connectivity index (χ0v) is 11.4. The lowest BCUT2D eigenvalue weighted by atomic mass is 10.1. The molecule has 0 unspecified atom stereocenters. The molecule has 0 amide bonds. The molecule has 0 radical (unpaired) electrons. The maximum atomic E-state index is 11.2. The van der Waals surface area contributed by atoms with Gasteiger partial charge in [-0.3, -0.25) is 0 Å². The Labute approximate surface area is 103 Å². The summed E-state index contributed by atoms with van der Waals surface area (Å²) in [7, 11) is -3.13. The molecule has 98 valence electrons. The fourth-order valence-corrected chi connectivity index (χ4v) is 1.87. The Kier molecular flexibility index (Phi) is 7.03. The summed E-state index contributed by atoms with van der Waals surface area (Å²) in [6, 6.07) is 6.23. The van der Waals surface area contributed by atoms with Crippen LogP contribution >= 0.6 is 0 Å². The van der Waals surface area contributed by atoms with Gasteiger partial charge in [0.2, 0.25) is 0 Å². The Balaban J connectivity index is 0.00000121. The molecular formula is C12H21NO3S. The van der Waals surface area contributed by atoms with Crippen molar-refractivity contribution in [3.63, 3.8) is 0 Å². The highest BCUT2D eigenvalue weighted by molar-refractivity contribution is 7.90. The molecule has 1 aromatic carbocycles. The molecule has 5 heteroatoms. The number of rotatable bonds is 4. The van der Waals surface area contributed by atoms with Crippen molar-refractivity contribution in [2.24, 2.45) is 5.73 Å². The third-order valence-electron chi connectivity index (χ3n) is 2.08. The number of hydrogen-bond acceptors (Lipinski definition) is 4. The van der Waals surface area contributed by atoms with Crippen molar-refractivity contribution in [3.05, 3.63) is 29.8 Å². The lowest BCUT2D eigenvalue weighted by Gasteiger charge is -2.08. The normalized spacial score (nSPS) is 12.5. The largest absolute Gasteiger partial charge is 0.395 e. The van der Waals surface area contributed by atoms with Gasteiger partial charge < -0.3 is 10.8 Å². The average Bonchev–Trinajstić information content (AvgIpc) is 2.31. The lowest BCUT2D eigenvalue weighted by Crippen LogP contribution is -2.26. The van der Waals surface area contributed by atoms with Crippen LogP contribution in [0.2, 0.25) is 0 Å².